The van der Waals surface area contributed by atoms with Crippen molar-refractivity contribution < 1.29 is 34.1 Å². The summed E-state index contributed by atoms with van der Waals surface area (Å²) in [5.74, 6) is -1.80. The van der Waals surface area contributed by atoms with Crippen LogP contribution < -0.4 is 10.00 Å². The molecule has 0 bridgehead atoms. The molecule has 25 heavy (non-hydrogen) atoms. The molecule has 1 unspecified atom stereocenters. The molecule has 0 saturated heterocycles. The van der Waals surface area contributed by atoms with Gasteiger partial charge in [0.25, 0.3) is 7.94 Å². The van der Waals surface area contributed by atoms with E-state index in [2.05, 4.69) is 0 Å². The number of hydrogen-bond acceptors (Lipinski definition) is 6. The lowest BCUT2D eigenvalue weighted by atomic mass is 9.99. The number of aromatic hydroxyl groups is 1. The number of hydrogen-bond donors (Lipinski definition) is 2. The topological polar surface area (TPSA) is 122 Å². The second kappa shape index (κ2) is 7.97. The monoisotopic (exact) mass is 367 g/mol. The lowest BCUT2D eigenvalue weighted by Gasteiger charge is -2.32. The highest BCUT2D eigenvalue weighted by molar-refractivity contribution is 7.61. The maximum Gasteiger partial charge on any atom is 0.350 e. The molecule has 2 N–H and O–H groups in total. The van der Waals surface area contributed by atoms with E-state index < -0.39 is 25.3 Å². The Hall–Kier alpha value is -1.92. The fraction of sp³-hybridized carbons (Fsp3) is 0.353. The molecule has 0 fully saturated rings. The molecule has 0 heterocycles. The van der Waals surface area contributed by atoms with Gasteiger partial charge in [0, 0.05) is 11.8 Å². The van der Waals surface area contributed by atoms with Crippen LogP contribution in [0.15, 0.2) is 30.3 Å². The Morgan fingerprint density at radius 2 is 1.80 bits per heavy atom. The SMILES string of the molecule is CCO[P+]([O-])(OCC)C(Cc1c([O-])ccc2c(O)cccc12)C(=O)O. The first-order valence-electron chi connectivity index (χ1n) is 7.86. The second-order valence-electron chi connectivity index (χ2n) is 5.35. The third kappa shape index (κ3) is 4.02. The number of carboxylic acid groups (broad SMARTS) is 1. The van der Waals surface area contributed by atoms with Crippen molar-refractivity contribution in [3.8, 4) is 11.5 Å². The molecular weight excluding hydrogens is 347 g/mol. The third-order valence-electron chi connectivity index (χ3n) is 3.79. The summed E-state index contributed by atoms with van der Waals surface area (Å²) in [5, 5.41) is 32.6. The minimum Gasteiger partial charge on any atom is -0.872 e. The molecule has 2 aromatic rings. The predicted octanol–water partition coefficient (Wildman–Crippen LogP) is 1.81. The summed E-state index contributed by atoms with van der Waals surface area (Å²) >= 11 is 0. The first-order valence-corrected chi connectivity index (χ1v) is 9.47. The number of phenolic OH excluding ortho intramolecular Hbond substituents is 1. The lowest BCUT2D eigenvalue weighted by Crippen LogP contribution is -2.35. The number of phenols is 1. The molecule has 7 nitrogen and oxygen atoms in total. The van der Waals surface area contributed by atoms with E-state index in [0.29, 0.717) is 10.8 Å². The summed E-state index contributed by atoms with van der Waals surface area (Å²) in [4.78, 5) is 24.6. The van der Waals surface area contributed by atoms with Gasteiger partial charge >= 0.3 is 5.97 Å². The Kier molecular flexibility index (Phi) is 6.19. The van der Waals surface area contributed by atoms with Crippen LogP contribution in [0, 0.1) is 0 Å². The molecule has 0 amide bonds. The van der Waals surface area contributed by atoms with Crippen molar-refractivity contribution in [3.63, 3.8) is 0 Å². The number of aliphatic carboxylic acids is 1. The minimum atomic E-state index is -3.96. The number of benzene rings is 2. The van der Waals surface area contributed by atoms with Crippen LogP contribution in [0.4, 0.5) is 0 Å². The largest absolute Gasteiger partial charge is 0.872 e. The molecule has 0 aliphatic rings. The van der Waals surface area contributed by atoms with Crippen LogP contribution in [-0.4, -0.2) is 35.1 Å². The van der Waals surface area contributed by atoms with Gasteiger partial charge in [0.05, 0.1) is 13.2 Å². The van der Waals surface area contributed by atoms with Gasteiger partial charge in [0.2, 0.25) is 5.66 Å². The Bertz CT molecular complexity index is 756. The zero-order valence-electron chi connectivity index (χ0n) is 14.0. The van der Waals surface area contributed by atoms with Crippen LogP contribution in [0.1, 0.15) is 19.4 Å². The first kappa shape index (κ1) is 19.4. The molecule has 8 heteroatoms. The maximum absolute atomic E-state index is 12.9. The zero-order valence-corrected chi connectivity index (χ0v) is 14.9. The minimum absolute atomic E-state index is 0.0155. The molecule has 136 valence electrons. The van der Waals surface area contributed by atoms with Gasteiger partial charge in [-0.25, -0.2) is 13.8 Å². The van der Waals surface area contributed by atoms with E-state index in [1.165, 1.54) is 18.2 Å². The first-order chi connectivity index (χ1) is 11.8. The number of carboxylic acids is 1. The summed E-state index contributed by atoms with van der Waals surface area (Å²) in [7, 11) is -3.96. The summed E-state index contributed by atoms with van der Waals surface area (Å²) in [6.07, 6.45) is -0.327. The van der Waals surface area contributed by atoms with Gasteiger partial charge in [-0.15, -0.1) is 5.75 Å². The quantitative estimate of drug-likeness (QED) is 0.682. The highest BCUT2D eigenvalue weighted by Gasteiger charge is 2.46. The Morgan fingerprint density at radius 1 is 1.16 bits per heavy atom. The average Bonchev–Trinajstić information content (AvgIpc) is 2.54. The molecule has 0 aliphatic carbocycles. The zero-order chi connectivity index (χ0) is 18.6. The van der Waals surface area contributed by atoms with Crippen LogP contribution in [0.25, 0.3) is 10.8 Å². The van der Waals surface area contributed by atoms with Gasteiger partial charge < -0.3 is 20.2 Å². The standard InChI is InChI=1S/C17H21O7P/c1-3-23-25(22,24-4-2)16(17(20)21)10-13-11-6-5-7-14(18)12(11)8-9-15(13)19/h5-9,16,18-19H,3-4,10H2,1-2H3,(H,20,21)/p-1. The highest BCUT2D eigenvalue weighted by Crippen LogP contribution is 2.58. The van der Waals surface area contributed by atoms with Gasteiger partial charge in [-0.1, -0.05) is 24.3 Å². The second-order valence-corrected chi connectivity index (χ2v) is 7.57. The summed E-state index contributed by atoms with van der Waals surface area (Å²) in [5.41, 5.74) is -1.37. The Labute approximate surface area is 146 Å². The smallest absolute Gasteiger partial charge is 0.350 e. The molecule has 0 aromatic heterocycles. The molecule has 0 aliphatic heterocycles. The van der Waals surface area contributed by atoms with E-state index >= 15 is 0 Å². The Morgan fingerprint density at radius 3 is 2.36 bits per heavy atom. The van der Waals surface area contributed by atoms with Crippen molar-refractivity contribution in [2.45, 2.75) is 25.9 Å². The van der Waals surface area contributed by atoms with E-state index in [-0.39, 0.29) is 30.9 Å². The fourth-order valence-electron chi connectivity index (χ4n) is 2.70. The molecule has 0 saturated carbocycles. The van der Waals surface area contributed by atoms with Crippen molar-refractivity contribution in [2.24, 2.45) is 0 Å². The van der Waals surface area contributed by atoms with Crippen molar-refractivity contribution in [1.82, 2.24) is 0 Å². The van der Waals surface area contributed by atoms with Crippen molar-refractivity contribution in [1.29, 1.82) is 0 Å². The van der Waals surface area contributed by atoms with E-state index in [1.54, 1.807) is 26.0 Å². The van der Waals surface area contributed by atoms with E-state index in [9.17, 15) is 25.0 Å². The van der Waals surface area contributed by atoms with Crippen molar-refractivity contribution in [3.05, 3.63) is 35.9 Å². The summed E-state index contributed by atoms with van der Waals surface area (Å²) < 4.78 is 10.3. The van der Waals surface area contributed by atoms with Gasteiger partial charge in [0.1, 0.15) is 5.75 Å². The van der Waals surface area contributed by atoms with E-state index in [4.69, 9.17) is 9.05 Å². The lowest BCUT2D eigenvalue weighted by molar-refractivity contribution is -0.269. The molecular formula is C17H20O7P-. The number of rotatable bonds is 8. The molecule has 0 radical (unpaired) electrons. The number of carbonyl (C=O) groups is 1. The van der Waals surface area contributed by atoms with Crippen LogP contribution in [0.2, 0.25) is 0 Å². The van der Waals surface area contributed by atoms with E-state index in [1.807, 2.05) is 0 Å². The summed E-state index contributed by atoms with van der Waals surface area (Å²) in [6.45, 7) is 3.20. The van der Waals surface area contributed by atoms with Gasteiger partial charge in [-0.2, -0.15) is 0 Å². The molecule has 2 aromatic carbocycles. The normalized spacial score (nSPS) is 13.1. The van der Waals surface area contributed by atoms with Crippen LogP contribution in [-0.2, 0) is 20.3 Å². The summed E-state index contributed by atoms with van der Waals surface area (Å²) in [6, 6.07) is 7.36. The average molecular weight is 367 g/mol. The van der Waals surface area contributed by atoms with Gasteiger partial charge in [-0.3, -0.25) is 0 Å². The van der Waals surface area contributed by atoms with Crippen molar-refractivity contribution in [2.75, 3.05) is 13.2 Å². The van der Waals surface area contributed by atoms with Gasteiger partial charge in [-0.05, 0) is 30.9 Å². The number of fused-ring (bicyclic) bond motifs is 1. The highest BCUT2D eigenvalue weighted by atomic mass is 31.2. The van der Waals surface area contributed by atoms with Gasteiger partial charge in [0.15, 0.2) is 0 Å². The Balaban J connectivity index is 2.54. The predicted molar refractivity (Wildman–Crippen MR) is 90.4 cm³/mol. The van der Waals surface area contributed by atoms with Crippen LogP contribution in [0.5, 0.6) is 11.5 Å². The van der Waals surface area contributed by atoms with E-state index in [0.717, 1.165) is 0 Å². The maximum atomic E-state index is 12.9. The molecule has 0 spiro atoms. The van der Waals surface area contributed by atoms with Crippen LogP contribution >= 0.6 is 7.94 Å². The molecule has 1 atom stereocenters. The molecule has 2 rings (SSSR count). The fourth-order valence-corrected chi connectivity index (χ4v) is 4.53. The third-order valence-corrected chi connectivity index (χ3v) is 6.19. The van der Waals surface area contributed by atoms with Crippen molar-refractivity contribution >= 4 is 24.7 Å². The van der Waals surface area contributed by atoms with Crippen LogP contribution in [0.3, 0.4) is 0 Å².